The first kappa shape index (κ1) is 26.9. The first-order chi connectivity index (χ1) is 19.6. The summed E-state index contributed by atoms with van der Waals surface area (Å²) in [6, 6.07) is 31.8. The third kappa shape index (κ3) is 7.03. The number of pyridine rings is 1. The average Bonchev–Trinajstić information content (AvgIpc) is 2.99. The first-order valence-corrected chi connectivity index (χ1v) is 13.6. The van der Waals surface area contributed by atoms with Gasteiger partial charge in [0.05, 0.1) is 17.8 Å². The first-order valence-electron chi connectivity index (χ1n) is 13.6. The van der Waals surface area contributed by atoms with Gasteiger partial charge in [-0.25, -0.2) is 4.98 Å². The van der Waals surface area contributed by atoms with Gasteiger partial charge in [0.2, 0.25) is 0 Å². The second kappa shape index (κ2) is 12.9. The van der Waals surface area contributed by atoms with Crippen LogP contribution >= 0.6 is 0 Å². The Bertz CT molecular complexity index is 1630. The summed E-state index contributed by atoms with van der Waals surface area (Å²) >= 11 is 0. The van der Waals surface area contributed by atoms with Gasteiger partial charge in [0.1, 0.15) is 12.4 Å². The fourth-order valence-corrected chi connectivity index (χ4v) is 4.60. The van der Waals surface area contributed by atoms with E-state index in [9.17, 15) is 9.59 Å². The molecule has 1 heterocycles. The maximum Gasteiger partial charge on any atom is 0.305 e. The summed E-state index contributed by atoms with van der Waals surface area (Å²) < 4.78 is 11.0. The predicted octanol–water partition coefficient (Wildman–Crippen LogP) is 6.78. The lowest BCUT2D eigenvalue weighted by molar-refractivity contribution is -0.143. The summed E-state index contributed by atoms with van der Waals surface area (Å²) in [6.45, 7) is 3.04. The summed E-state index contributed by atoms with van der Waals surface area (Å²) in [4.78, 5) is 28.8. The second-order valence-electron chi connectivity index (χ2n) is 9.67. The quantitative estimate of drug-likeness (QED) is 0.190. The van der Waals surface area contributed by atoms with Crippen molar-refractivity contribution in [2.75, 3.05) is 6.61 Å². The van der Waals surface area contributed by atoms with Crippen LogP contribution in [0.25, 0.3) is 21.7 Å². The normalized spacial score (nSPS) is 10.9. The van der Waals surface area contributed by atoms with Crippen molar-refractivity contribution in [2.24, 2.45) is 0 Å². The molecule has 4 aromatic carbocycles. The second-order valence-corrected chi connectivity index (χ2v) is 9.67. The molecule has 1 N–H and O–H groups in total. The Morgan fingerprint density at radius 3 is 2.40 bits per heavy atom. The zero-order valence-electron chi connectivity index (χ0n) is 22.6. The van der Waals surface area contributed by atoms with E-state index in [2.05, 4.69) is 22.4 Å². The van der Waals surface area contributed by atoms with Gasteiger partial charge in [-0.2, -0.15) is 0 Å². The molecule has 5 rings (SSSR count). The number of nitrogens with one attached hydrogen (secondary N) is 1. The number of rotatable bonds is 11. The van der Waals surface area contributed by atoms with Crippen LogP contribution in [0.15, 0.2) is 97.1 Å². The van der Waals surface area contributed by atoms with E-state index < -0.39 is 0 Å². The smallest absolute Gasteiger partial charge is 0.305 e. The molecule has 0 atom stereocenters. The molecule has 0 bridgehead atoms. The number of hydrogen-bond acceptors (Lipinski definition) is 5. The van der Waals surface area contributed by atoms with Gasteiger partial charge in [0.25, 0.3) is 5.91 Å². The Kier molecular flexibility index (Phi) is 8.66. The Morgan fingerprint density at radius 1 is 0.800 bits per heavy atom. The van der Waals surface area contributed by atoms with Gasteiger partial charge in [-0.3, -0.25) is 9.59 Å². The van der Waals surface area contributed by atoms with E-state index in [4.69, 9.17) is 9.47 Å². The van der Waals surface area contributed by atoms with Gasteiger partial charge < -0.3 is 14.8 Å². The third-order valence-electron chi connectivity index (χ3n) is 6.74. The fraction of sp³-hybridized carbons (Fsp3) is 0.206. The number of carbonyl (C=O) groups is 2. The molecule has 0 radical (unpaired) electrons. The van der Waals surface area contributed by atoms with Gasteiger partial charge in [0, 0.05) is 23.9 Å². The molecule has 0 fully saturated rings. The van der Waals surface area contributed by atoms with Crippen molar-refractivity contribution in [3.63, 3.8) is 0 Å². The van der Waals surface area contributed by atoms with Crippen LogP contribution in [0, 0.1) is 0 Å². The van der Waals surface area contributed by atoms with Crippen LogP contribution in [-0.4, -0.2) is 23.5 Å². The number of benzene rings is 4. The average molecular weight is 533 g/mol. The van der Waals surface area contributed by atoms with Crippen molar-refractivity contribution in [3.8, 4) is 5.75 Å². The van der Waals surface area contributed by atoms with Crippen molar-refractivity contribution >= 4 is 33.6 Å². The molecule has 1 aromatic heterocycles. The number of esters is 1. The molecular formula is C34H32N2O4. The summed E-state index contributed by atoms with van der Waals surface area (Å²) in [5.74, 6) is 0.493. The highest BCUT2D eigenvalue weighted by Gasteiger charge is 2.08. The van der Waals surface area contributed by atoms with Crippen molar-refractivity contribution in [3.05, 3.63) is 119 Å². The molecule has 1 amide bonds. The van der Waals surface area contributed by atoms with Gasteiger partial charge in [-0.15, -0.1) is 0 Å². The van der Waals surface area contributed by atoms with E-state index in [1.54, 1.807) is 6.92 Å². The Morgan fingerprint density at radius 2 is 1.55 bits per heavy atom. The lowest BCUT2D eigenvalue weighted by Gasteiger charge is -2.10. The summed E-state index contributed by atoms with van der Waals surface area (Å²) in [7, 11) is 0. The van der Waals surface area contributed by atoms with Gasteiger partial charge in [-0.05, 0) is 84.1 Å². The zero-order chi connectivity index (χ0) is 27.7. The SMILES string of the molecule is CCOC(=O)CCCc1ccc(C(=O)NCc2ccc3cc(OCc4ccc5ccccc5n4)ccc3c2)cc1. The molecule has 0 aliphatic rings. The maximum absolute atomic E-state index is 12.7. The largest absolute Gasteiger partial charge is 0.487 e. The fourth-order valence-electron chi connectivity index (χ4n) is 4.60. The molecule has 0 aliphatic heterocycles. The number of aryl methyl sites for hydroxylation is 1. The monoisotopic (exact) mass is 532 g/mol. The topological polar surface area (TPSA) is 77.5 Å². The number of fused-ring (bicyclic) bond motifs is 2. The van der Waals surface area contributed by atoms with E-state index in [1.807, 2.05) is 84.9 Å². The minimum absolute atomic E-state index is 0.121. The maximum atomic E-state index is 12.7. The number of ether oxygens (including phenoxy) is 2. The molecule has 0 aliphatic carbocycles. The van der Waals surface area contributed by atoms with E-state index in [-0.39, 0.29) is 11.9 Å². The zero-order valence-corrected chi connectivity index (χ0v) is 22.6. The van der Waals surface area contributed by atoms with Crippen LogP contribution in [0.1, 0.15) is 46.9 Å². The molecule has 6 nitrogen and oxygen atoms in total. The number of carbonyl (C=O) groups excluding carboxylic acids is 2. The number of nitrogens with zero attached hydrogens (tertiary/aromatic N) is 1. The number of amides is 1. The lowest BCUT2D eigenvalue weighted by Crippen LogP contribution is -2.22. The van der Waals surface area contributed by atoms with Crippen molar-refractivity contribution < 1.29 is 19.1 Å². The van der Waals surface area contributed by atoms with E-state index >= 15 is 0 Å². The number of para-hydroxylation sites is 1. The van der Waals surface area contributed by atoms with E-state index in [0.29, 0.717) is 31.7 Å². The molecule has 0 unspecified atom stereocenters. The molecule has 40 heavy (non-hydrogen) atoms. The van der Waals surface area contributed by atoms with Gasteiger partial charge >= 0.3 is 5.97 Å². The van der Waals surface area contributed by atoms with Crippen molar-refractivity contribution in [1.29, 1.82) is 0 Å². The molecule has 0 spiro atoms. The van der Waals surface area contributed by atoms with Gasteiger partial charge in [-0.1, -0.05) is 54.6 Å². The summed E-state index contributed by atoms with van der Waals surface area (Å²) in [5.41, 5.74) is 4.56. The lowest BCUT2D eigenvalue weighted by atomic mass is 10.1. The van der Waals surface area contributed by atoms with Crippen LogP contribution < -0.4 is 10.1 Å². The standard InChI is InChI=1S/C34H32N2O4/c1-2-39-33(37)9-5-6-24-10-13-27(14-11-24)34(38)35-22-25-12-15-29-21-31(19-17-28(29)20-25)40-23-30-18-16-26-7-3-4-8-32(26)36-30/h3-4,7-8,10-21H,2,5-6,9,22-23H2,1H3,(H,35,38). The minimum Gasteiger partial charge on any atom is -0.487 e. The van der Waals surface area contributed by atoms with Crippen LogP contribution in [0.5, 0.6) is 5.75 Å². The highest BCUT2D eigenvalue weighted by molar-refractivity contribution is 5.94. The highest BCUT2D eigenvalue weighted by Crippen LogP contribution is 2.23. The van der Waals surface area contributed by atoms with Crippen LogP contribution in [0.4, 0.5) is 0 Å². The predicted molar refractivity (Wildman–Crippen MR) is 157 cm³/mol. The molecule has 202 valence electrons. The van der Waals surface area contributed by atoms with Crippen molar-refractivity contribution in [1.82, 2.24) is 10.3 Å². The van der Waals surface area contributed by atoms with Gasteiger partial charge in [0.15, 0.2) is 0 Å². The van der Waals surface area contributed by atoms with Crippen molar-refractivity contribution in [2.45, 2.75) is 39.3 Å². The van der Waals surface area contributed by atoms with Crippen LogP contribution in [0.2, 0.25) is 0 Å². The Balaban J connectivity index is 1.13. The third-order valence-corrected chi connectivity index (χ3v) is 6.74. The minimum atomic E-state index is -0.171. The molecule has 5 aromatic rings. The number of aromatic nitrogens is 1. The Labute approximate surface area is 234 Å². The van der Waals surface area contributed by atoms with E-state index in [1.165, 1.54) is 0 Å². The number of hydrogen-bond donors (Lipinski definition) is 1. The Hall–Kier alpha value is -4.71. The molecule has 6 heteroatoms. The molecular weight excluding hydrogens is 500 g/mol. The molecule has 0 saturated heterocycles. The highest BCUT2D eigenvalue weighted by atomic mass is 16.5. The van der Waals surface area contributed by atoms with Crippen LogP contribution in [0.3, 0.4) is 0 Å². The molecule has 0 saturated carbocycles. The van der Waals surface area contributed by atoms with Crippen LogP contribution in [-0.2, 0) is 29.1 Å². The van der Waals surface area contributed by atoms with E-state index in [0.717, 1.165) is 57.1 Å². The summed E-state index contributed by atoms with van der Waals surface area (Å²) in [6.07, 6.45) is 1.89. The summed E-state index contributed by atoms with van der Waals surface area (Å²) in [5, 5.41) is 6.26.